The minimum Gasteiger partial charge on any atom is -0.494 e. The Morgan fingerprint density at radius 1 is 1.11 bits per heavy atom. The van der Waals surface area contributed by atoms with E-state index in [1.165, 1.54) is 0 Å². The van der Waals surface area contributed by atoms with Crippen LogP contribution >= 0.6 is 0 Å². The van der Waals surface area contributed by atoms with Crippen LogP contribution in [0.2, 0.25) is 0 Å². The molecule has 1 fully saturated rings. The number of nitrogens with zero attached hydrogens (tertiary/aromatic N) is 1. The zero-order valence-corrected chi connectivity index (χ0v) is 15.2. The summed E-state index contributed by atoms with van der Waals surface area (Å²) in [5, 5.41) is 5.66. The second-order valence-electron chi connectivity index (χ2n) is 6.03. The molecule has 7 heteroatoms. The molecule has 142 valence electrons. The standard InChI is InChI=1S/C20H23N3O4/c1-2-26-15-7-9-16(10-8-15)27-14-20(25)22-17-5-3-4-6-18(17)23-12-11-21-19(24)13-23/h3-10H,2,11-14H2,1H3,(H,21,24)(H,22,25). The Morgan fingerprint density at radius 3 is 2.52 bits per heavy atom. The fraction of sp³-hybridized carbons (Fsp3) is 0.300. The molecule has 27 heavy (non-hydrogen) atoms. The van der Waals surface area contributed by atoms with Gasteiger partial charge in [0.05, 0.1) is 24.5 Å². The molecule has 0 unspecified atom stereocenters. The van der Waals surface area contributed by atoms with E-state index >= 15 is 0 Å². The van der Waals surface area contributed by atoms with E-state index in [9.17, 15) is 9.59 Å². The predicted octanol–water partition coefficient (Wildman–Crippen LogP) is 2.04. The Bertz CT molecular complexity index is 792. The molecule has 0 spiro atoms. The van der Waals surface area contributed by atoms with Gasteiger partial charge in [-0.1, -0.05) is 12.1 Å². The molecule has 3 rings (SSSR count). The van der Waals surface area contributed by atoms with Crippen molar-refractivity contribution in [2.24, 2.45) is 0 Å². The van der Waals surface area contributed by atoms with Gasteiger partial charge in [-0.15, -0.1) is 0 Å². The van der Waals surface area contributed by atoms with Gasteiger partial charge in [-0.2, -0.15) is 0 Å². The highest BCUT2D eigenvalue weighted by Crippen LogP contribution is 2.26. The van der Waals surface area contributed by atoms with Crippen molar-refractivity contribution in [3.8, 4) is 11.5 Å². The molecule has 7 nitrogen and oxygen atoms in total. The van der Waals surface area contributed by atoms with Crippen molar-refractivity contribution in [3.63, 3.8) is 0 Å². The Balaban J connectivity index is 1.58. The third-order valence-corrected chi connectivity index (χ3v) is 4.06. The number of para-hydroxylation sites is 2. The van der Waals surface area contributed by atoms with E-state index in [0.29, 0.717) is 31.1 Å². The number of carbonyl (C=O) groups excluding carboxylic acids is 2. The minimum atomic E-state index is -0.266. The first-order chi connectivity index (χ1) is 13.2. The number of hydrogen-bond donors (Lipinski definition) is 2. The van der Waals surface area contributed by atoms with Crippen molar-refractivity contribution < 1.29 is 19.1 Å². The zero-order chi connectivity index (χ0) is 19.1. The summed E-state index contributed by atoms with van der Waals surface area (Å²) in [4.78, 5) is 25.9. The van der Waals surface area contributed by atoms with E-state index in [1.807, 2.05) is 36.1 Å². The fourth-order valence-electron chi connectivity index (χ4n) is 2.83. The maximum absolute atomic E-state index is 12.3. The van der Waals surface area contributed by atoms with Crippen LogP contribution in [-0.4, -0.2) is 44.7 Å². The molecular weight excluding hydrogens is 346 g/mol. The van der Waals surface area contributed by atoms with Crippen molar-refractivity contribution in [3.05, 3.63) is 48.5 Å². The van der Waals surface area contributed by atoms with E-state index in [-0.39, 0.29) is 25.0 Å². The van der Waals surface area contributed by atoms with Crippen LogP contribution in [0.1, 0.15) is 6.92 Å². The number of nitrogens with one attached hydrogen (secondary N) is 2. The molecule has 0 radical (unpaired) electrons. The number of amides is 2. The van der Waals surface area contributed by atoms with Crippen molar-refractivity contribution in [1.82, 2.24) is 5.32 Å². The quantitative estimate of drug-likeness (QED) is 0.781. The number of anilines is 2. The van der Waals surface area contributed by atoms with E-state index < -0.39 is 0 Å². The van der Waals surface area contributed by atoms with Gasteiger partial charge in [-0.05, 0) is 43.3 Å². The summed E-state index contributed by atoms with van der Waals surface area (Å²) < 4.78 is 10.9. The first kappa shape index (κ1) is 18.6. The van der Waals surface area contributed by atoms with Gasteiger partial charge in [0.2, 0.25) is 5.91 Å². The lowest BCUT2D eigenvalue weighted by molar-refractivity contribution is -0.120. The van der Waals surface area contributed by atoms with Gasteiger partial charge >= 0.3 is 0 Å². The van der Waals surface area contributed by atoms with Gasteiger partial charge in [0, 0.05) is 13.1 Å². The molecular formula is C20H23N3O4. The summed E-state index contributed by atoms with van der Waals surface area (Å²) in [6.07, 6.45) is 0. The summed E-state index contributed by atoms with van der Waals surface area (Å²) in [6.45, 7) is 3.96. The monoisotopic (exact) mass is 369 g/mol. The molecule has 0 aromatic heterocycles. The van der Waals surface area contributed by atoms with Crippen molar-refractivity contribution in [2.75, 3.05) is 43.1 Å². The van der Waals surface area contributed by atoms with Crippen LogP contribution in [0.25, 0.3) is 0 Å². The van der Waals surface area contributed by atoms with Crippen LogP contribution in [0.3, 0.4) is 0 Å². The van der Waals surface area contributed by atoms with E-state index in [2.05, 4.69) is 10.6 Å². The second-order valence-corrected chi connectivity index (χ2v) is 6.03. The molecule has 2 N–H and O–H groups in total. The molecule has 1 saturated heterocycles. The normalized spacial score (nSPS) is 13.7. The van der Waals surface area contributed by atoms with Crippen molar-refractivity contribution >= 4 is 23.2 Å². The van der Waals surface area contributed by atoms with Gasteiger partial charge in [-0.25, -0.2) is 0 Å². The molecule has 1 aliphatic rings. The lowest BCUT2D eigenvalue weighted by atomic mass is 10.2. The van der Waals surface area contributed by atoms with E-state index in [4.69, 9.17) is 9.47 Å². The number of piperazine rings is 1. The Hall–Kier alpha value is -3.22. The van der Waals surface area contributed by atoms with Crippen molar-refractivity contribution in [2.45, 2.75) is 6.92 Å². The van der Waals surface area contributed by atoms with Gasteiger partial charge in [0.25, 0.3) is 5.91 Å². The van der Waals surface area contributed by atoms with Crippen LogP contribution < -0.4 is 25.0 Å². The lowest BCUT2D eigenvalue weighted by Crippen LogP contribution is -2.48. The molecule has 0 bridgehead atoms. The highest BCUT2D eigenvalue weighted by molar-refractivity contribution is 5.96. The summed E-state index contributed by atoms with van der Waals surface area (Å²) in [6, 6.07) is 14.6. The highest BCUT2D eigenvalue weighted by Gasteiger charge is 2.19. The third kappa shape index (κ3) is 5.13. The first-order valence-corrected chi connectivity index (χ1v) is 8.92. The molecule has 1 heterocycles. The largest absolute Gasteiger partial charge is 0.494 e. The van der Waals surface area contributed by atoms with Gasteiger partial charge < -0.3 is 25.0 Å². The van der Waals surface area contributed by atoms with Gasteiger partial charge in [-0.3, -0.25) is 9.59 Å². The average molecular weight is 369 g/mol. The number of ether oxygens (including phenoxy) is 2. The third-order valence-electron chi connectivity index (χ3n) is 4.06. The van der Waals surface area contributed by atoms with Gasteiger partial charge in [0.15, 0.2) is 6.61 Å². The molecule has 0 saturated carbocycles. The SMILES string of the molecule is CCOc1ccc(OCC(=O)Nc2ccccc2N2CCNC(=O)C2)cc1. The maximum Gasteiger partial charge on any atom is 0.262 e. The Kier molecular flexibility index (Phi) is 6.14. The number of benzene rings is 2. The zero-order valence-electron chi connectivity index (χ0n) is 15.2. The summed E-state index contributed by atoms with van der Waals surface area (Å²) in [7, 11) is 0. The molecule has 2 aromatic carbocycles. The highest BCUT2D eigenvalue weighted by atomic mass is 16.5. The van der Waals surface area contributed by atoms with Crippen LogP contribution in [-0.2, 0) is 9.59 Å². The summed E-state index contributed by atoms with van der Waals surface area (Å²) >= 11 is 0. The topological polar surface area (TPSA) is 79.9 Å². The number of rotatable bonds is 7. The minimum absolute atomic E-state index is 0.0267. The second kappa shape index (κ2) is 8.93. The maximum atomic E-state index is 12.3. The van der Waals surface area contributed by atoms with Crippen LogP contribution in [0.15, 0.2) is 48.5 Å². The van der Waals surface area contributed by atoms with Crippen LogP contribution in [0.4, 0.5) is 11.4 Å². The first-order valence-electron chi connectivity index (χ1n) is 8.92. The molecule has 1 aliphatic heterocycles. The Labute approximate surface area is 158 Å². The number of carbonyl (C=O) groups is 2. The average Bonchev–Trinajstić information content (AvgIpc) is 2.68. The summed E-state index contributed by atoms with van der Waals surface area (Å²) in [5.74, 6) is 1.06. The van der Waals surface area contributed by atoms with E-state index in [0.717, 1.165) is 11.4 Å². The van der Waals surface area contributed by atoms with Gasteiger partial charge in [0.1, 0.15) is 11.5 Å². The summed E-state index contributed by atoms with van der Waals surface area (Å²) in [5.41, 5.74) is 1.48. The molecule has 2 aromatic rings. The Morgan fingerprint density at radius 2 is 1.81 bits per heavy atom. The van der Waals surface area contributed by atoms with Crippen LogP contribution in [0.5, 0.6) is 11.5 Å². The molecule has 0 atom stereocenters. The molecule has 0 aliphatic carbocycles. The molecule has 2 amide bonds. The predicted molar refractivity (Wildman–Crippen MR) is 103 cm³/mol. The number of hydrogen-bond acceptors (Lipinski definition) is 5. The van der Waals surface area contributed by atoms with Crippen LogP contribution in [0, 0.1) is 0 Å². The fourth-order valence-corrected chi connectivity index (χ4v) is 2.83. The van der Waals surface area contributed by atoms with Crippen molar-refractivity contribution in [1.29, 1.82) is 0 Å². The smallest absolute Gasteiger partial charge is 0.262 e. The van der Waals surface area contributed by atoms with E-state index in [1.54, 1.807) is 24.3 Å². The lowest BCUT2D eigenvalue weighted by Gasteiger charge is -2.30.